The SMILES string of the molecule is Cl.O=C(NCCc1cc2ccccc2o1)C1CCCNC1. The Balaban J connectivity index is 0.00000161. The lowest BCUT2D eigenvalue weighted by molar-refractivity contribution is -0.125. The summed E-state index contributed by atoms with van der Waals surface area (Å²) in [6.45, 7) is 2.47. The minimum atomic E-state index is 0. The number of nitrogens with one attached hydrogen (secondary N) is 2. The second kappa shape index (κ2) is 7.48. The number of benzene rings is 1. The van der Waals surface area contributed by atoms with Crippen LogP contribution in [0, 0.1) is 5.92 Å². The van der Waals surface area contributed by atoms with E-state index in [2.05, 4.69) is 10.6 Å². The molecule has 1 unspecified atom stereocenters. The first-order valence-electron chi connectivity index (χ1n) is 7.29. The topological polar surface area (TPSA) is 54.3 Å². The first kappa shape index (κ1) is 15.9. The predicted molar refractivity (Wildman–Crippen MR) is 85.8 cm³/mol. The summed E-state index contributed by atoms with van der Waals surface area (Å²) in [5.74, 6) is 1.21. The van der Waals surface area contributed by atoms with Gasteiger partial charge in [0.1, 0.15) is 11.3 Å². The van der Waals surface area contributed by atoms with E-state index < -0.39 is 0 Å². The molecular formula is C16H21ClN2O2. The van der Waals surface area contributed by atoms with Gasteiger partial charge in [0.05, 0.1) is 5.92 Å². The minimum absolute atomic E-state index is 0. The Morgan fingerprint density at radius 2 is 2.24 bits per heavy atom. The van der Waals surface area contributed by atoms with E-state index in [4.69, 9.17) is 4.42 Å². The highest BCUT2D eigenvalue weighted by Gasteiger charge is 2.20. The van der Waals surface area contributed by atoms with Gasteiger partial charge in [0.2, 0.25) is 5.91 Å². The molecule has 0 radical (unpaired) electrons. The summed E-state index contributed by atoms with van der Waals surface area (Å²) in [5.41, 5.74) is 0.908. The Morgan fingerprint density at radius 1 is 1.38 bits per heavy atom. The van der Waals surface area contributed by atoms with Crippen molar-refractivity contribution >= 4 is 29.3 Å². The largest absolute Gasteiger partial charge is 0.461 e. The van der Waals surface area contributed by atoms with Crippen LogP contribution in [0.1, 0.15) is 18.6 Å². The van der Waals surface area contributed by atoms with Crippen molar-refractivity contribution in [3.05, 3.63) is 36.1 Å². The van der Waals surface area contributed by atoms with E-state index in [-0.39, 0.29) is 24.2 Å². The summed E-state index contributed by atoms with van der Waals surface area (Å²) in [7, 11) is 0. The van der Waals surface area contributed by atoms with E-state index in [1.54, 1.807) is 0 Å². The highest BCUT2D eigenvalue weighted by Crippen LogP contribution is 2.18. The smallest absolute Gasteiger partial charge is 0.224 e. The molecule has 0 saturated carbocycles. The van der Waals surface area contributed by atoms with Crippen LogP contribution in [0.25, 0.3) is 11.0 Å². The Hall–Kier alpha value is -1.52. The fraction of sp³-hybridized carbons (Fsp3) is 0.438. The number of furan rings is 1. The van der Waals surface area contributed by atoms with Crippen molar-refractivity contribution in [3.8, 4) is 0 Å². The molecule has 0 spiro atoms. The fourth-order valence-electron chi connectivity index (χ4n) is 2.69. The van der Waals surface area contributed by atoms with Gasteiger partial charge < -0.3 is 15.1 Å². The molecule has 1 saturated heterocycles. The maximum Gasteiger partial charge on any atom is 0.224 e. The number of carbonyl (C=O) groups excluding carboxylic acids is 1. The molecule has 2 N–H and O–H groups in total. The van der Waals surface area contributed by atoms with Gasteiger partial charge in [-0.1, -0.05) is 18.2 Å². The van der Waals surface area contributed by atoms with E-state index in [9.17, 15) is 4.79 Å². The van der Waals surface area contributed by atoms with E-state index in [1.165, 1.54) is 0 Å². The quantitative estimate of drug-likeness (QED) is 0.912. The summed E-state index contributed by atoms with van der Waals surface area (Å²) < 4.78 is 5.73. The minimum Gasteiger partial charge on any atom is -0.461 e. The molecular weight excluding hydrogens is 288 g/mol. The molecule has 0 bridgehead atoms. The lowest BCUT2D eigenvalue weighted by Crippen LogP contribution is -2.41. The van der Waals surface area contributed by atoms with Crippen LogP contribution >= 0.6 is 12.4 Å². The lowest BCUT2D eigenvalue weighted by Gasteiger charge is -2.21. The van der Waals surface area contributed by atoms with Gasteiger partial charge >= 0.3 is 0 Å². The molecule has 1 aliphatic rings. The number of amides is 1. The van der Waals surface area contributed by atoms with Crippen LogP contribution in [-0.4, -0.2) is 25.5 Å². The standard InChI is InChI=1S/C16H20N2O2.ClH/c19-16(13-5-3-8-17-11-13)18-9-7-14-10-12-4-1-2-6-15(12)20-14;/h1-2,4,6,10,13,17H,3,5,7-9,11H2,(H,18,19);1H. The molecule has 1 aromatic carbocycles. The summed E-state index contributed by atoms with van der Waals surface area (Å²) in [4.78, 5) is 12.0. The van der Waals surface area contributed by atoms with Crippen molar-refractivity contribution in [1.29, 1.82) is 0 Å². The summed E-state index contributed by atoms with van der Waals surface area (Å²) in [5, 5.41) is 7.38. The molecule has 2 heterocycles. The van der Waals surface area contributed by atoms with E-state index in [1.807, 2.05) is 30.3 Å². The van der Waals surface area contributed by atoms with Gasteiger partial charge in [-0.25, -0.2) is 0 Å². The lowest BCUT2D eigenvalue weighted by atomic mass is 9.99. The van der Waals surface area contributed by atoms with Crippen molar-refractivity contribution in [3.63, 3.8) is 0 Å². The number of carbonyl (C=O) groups is 1. The molecule has 1 amide bonds. The van der Waals surface area contributed by atoms with Crippen molar-refractivity contribution in [1.82, 2.24) is 10.6 Å². The summed E-state index contributed by atoms with van der Waals surface area (Å²) in [6, 6.07) is 10.0. The molecule has 1 fully saturated rings. The average Bonchev–Trinajstić information content (AvgIpc) is 2.90. The van der Waals surface area contributed by atoms with Gasteiger partial charge in [-0.2, -0.15) is 0 Å². The number of hydrogen-bond acceptors (Lipinski definition) is 3. The first-order chi connectivity index (χ1) is 9.83. The van der Waals surface area contributed by atoms with Gasteiger partial charge in [-0.15, -0.1) is 12.4 Å². The van der Waals surface area contributed by atoms with Crippen LogP contribution in [-0.2, 0) is 11.2 Å². The number of piperidine rings is 1. The van der Waals surface area contributed by atoms with Crippen LogP contribution in [0.3, 0.4) is 0 Å². The van der Waals surface area contributed by atoms with E-state index in [0.29, 0.717) is 6.54 Å². The maximum absolute atomic E-state index is 12.0. The van der Waals surface area contributed by atoms with Gasteiger partial charge in [0, 0.05) is 24.9 Å². The Labute approximate surface area is 130 Å². The van der Waals surface area contributed by atoms with Crippen LogP contribution in [0.4, 0.5) is 0 Å². The molecule has 114 valence electrons. The van der Waals surface area contributed by atoms with Gasteiger partial charge in [0.15, 0.2) is 0 Å². The number of fused-ring (bicyclic) bond motifs is 1. The molecule has 4 nitrogen and oxygen atoms in total. The number of para-hydroxylation sites is 1. The number of hydrogen-bond donors (Lipinski definition) is 2. The molecule has 1 aromatic heterocycles. The molecule has 21 heavy (non-hydrogen) atoms. The summed E-state index contributed by atoms with van der Waals surface area (Å²) >= 11 is 0. The van der Waals surface area contributed by atoms with Crippen LogP contribution in [0.5, 0.6) is 0 Å². The Morgan fingerprint density at radius 3 is 3.00 bits per heavy atom. The molecule has 3 rings (SSSR count). The zero-order valence-electron chi connectivity index (χ0n) is 11.9. The van der Waals surface area contributed by atoms with Crippen LogP contribution in [0.15, 0.2) is 34.7 Å². The summed E-state index contributed by atoms with van der Waals surface area (Å²) in [6.07, 6.45) is 2.81. The van der Waals surface area contributed by atoms with Gasteiger partial charge in [-0.05, 0) is 31.5 Å². The molecule has 2 aromatic rings. The molecule has 1 aliphatic heterocycles. The van der Waals surface area contributed by atoms with E-state index in [0.717, 1.165) is 49.1 Å². The van der Waals surface area contributed by atoms with Crippen molar-refractivity contribution < 1.29 is 9.21 Å². The Kier molecular flexibility index (Phi) is 5.65. The van der Waals surface area contributed by atoms with Crippen molar-refractivity contribution in [2.24, 2.45) is 5.92 Å². The molecule has 1 atom stereocenters. The van der Waals surface area contributed by atoms with Crippen LogP contribution in [0.2, 0.25) is 0 Å². The van der Waals surface area contributed by atoms with Crippen molar-refractivity contribution in [2.45, 2.75) is 19.3 Å². The predicted octanol–water partition coefficient (Wildman–Crippen LogP) is 2.51. The fourth-order valence-corrected chi connectivity index (χ4v) is 2.69. The van der Waals surface area contributed by atoms with Gasteiger partial charge in [0.25, 0.3) is 0 Å². The van der Waals surface area contributed by atoms with Crippen LogP contribution < -0.4 is 10.6 Å². The number of halogens is 1. The maximum atomic E-state index is 12.0. The zero-order valence-corrected chi connectivity index (χ0v) is 12.7. The monoisotopic (exact) mass is 308 g/mol. The second-order valence-corrected chi connectivity index (χ2v) is 5.33. The highest BCUT2D eigenvalue weighted by molar-refractivity contribution is 5.85. The highest BCUT2D eigenvalue weighted by atomic mass is 35.5. The third-order valence-corrected chi connectivity index (χ3v) is 3.81. The first-order valence-corrected chi connectivity index (χ1v) is 7.29. The third kappa shape index (κ3) is 3.99. The average molecular weight is 309 g/mol. The normalized spacial score (nSPS) is 18.2. The third-order valence-electron chi connectivity index (χ3n) is 3.81. The zero-order chi connectivity index (χ0) is 13.8. The molecule has 5 heteroatoms. The molecule has 0 aliphatic carbocycles. The number of rotatable bonds is 4. The second-order valence-electron chi connectivity index (χ2n) is 5.33. The van der Waals surface area contributed by atoms with Crippen molar-refractivity contribution in [2.75, 3.05) is 19.6 Å². The van der Waals surface area contributed by atoms with Gasteiger partial charge in [-0.3, -0.25) is 4.79 Å². The Bertz CT molecular complexity index is 558. The van der Waals surface area contributed by atoms with E-state index >= 15 is 0 Å².